The first-order valence-corrected chi connectivity index (χ1v) is 7.58. The van der Waals surface area contributed by atoms with E-state index in [0.29, 0.717) is 6.04 Å². The normalized spacial score (nSPS) is 14.6. The Bertz CT molecular complexity index is 393. The molecule has 0 saturated heterocycles. The van der Waals surface area contributed by atoms with Gasteiger partial charge in [-0.15, -0.1) is 0 Å². The summed E-state index contributed by atoms with van der Waals surface area (Å²) in [5.74, 6) is 1.76. The fraction of sp³-hybridized carbons (Fsp3) is 0.692. The van der Waals surface area contributed by atoms with E-state index in [2.05, 4.69) is 50.0 Å². The Kier molecular flexibility index (Phi) is 4.80. The predicted molar refractivity (Wildman–Crippen MR) is 79.2 cm³/mol. The van der Waals surface area contributed by atoms with Crippen LogP contribution in [0.2, 0.25) is 0 Å². The number of nitrogens with one attached hydrogen (secondary N) is 1. The molecule has 0 radical (unpaired) electrons. The Balaban J connectivity index is 2.19. The Morgan fingerprint density at radius 1 is 1.44 bits per heavy atom. The molecule has 0 aliphatic heterocycles. The third-order valence-electron chi connectivity index (χ3n) is 3.07. The molecule has 4 nitrogen and oxygen atoms in total. The van der Waals surface area contributed by atoms with Gasteiger partial charge in [-0.2, -0.15) is 4.98 Å². The number of aromatic nitrogens is 2. The summed E-state index contributed by atoms with van der Waals surface area (Å²) in [6, 6.07) is 0.678. The maximum atomic E-state index is 4.63. The van der Waals surface area contributed by atoms with E-state index >= 15 is 0 Å². The molecule has 1 aromatic heterocycles. The van der Waals surface area contributed by atoms with Gasteiger partial charge in [0.2, 0.25) is 5.95 Å². The van der Waals surface area contributed by atoms with Crippen molar-refractivity contribution in [3.05, 3.63) is 10.7 Å². The molecule has 0 aromatic carbocycles. The Morgan fingerprint density at radius 2 is 2.22 bits per heavy atom. The molecule has 1 N–H and O–H groups in total. The lowest BCUT2D eigenvalue weighted by molar-refractivity contribution is 0.702. The third kappa shape index (κ3) is 3.34. The van der Waals surface area contributed by atoms with Crippen LogP contribution in [0.4, 0.5) is 11.8 Å². The summed E-state index contributed by atoms with van der Waals surface area (Å²) >= 11 is 3.58. The van der Waals surface area contributed by atoms with Gasteiger partial charge in [0.05, 0.1) is 4.47 Å². The SMILES string of the molecule is CCCCN(c1nc(NCC)ncc1Br)C1CC1. The highest BCUT2D eigenvalue weighted by atomic mass is 79.9. The van der Waals surface area contributed by atoms with Crippen LogP contribution in [0.15, 0.2) is 10.7 Å². The third-order valence-corrected chi connectivity index (χ3v) is 3.63. The second-order valence-corrected chi connectivity index (χ2v) is 5.53. The molecule has 0 amide bonds. The minimum absolute atomic E-state index is 0.678. The van der Waals surface area contributed by atoms with Crippen LogP contribution in [0, 0.1) is 0 Å². The molecule has 1 heterocycles. The Hall–Kier alpha value is -0.840. The number of hydrogen-bond acceptors (Lipinski definition) is 4. The van der Waals surface area contributed by atoms with E-state index < -0.39 is 0 Å². The Morgan fingerprint density at radius 3 is 2.83 bits per heavy atom. The molecule has 1 aliphatic carbocycles. The summed E-state index contributed by atoms with van der Waals surface area (Å²) in [6.45, 7) is 6.22. The molecule has 100 valence electrons. The predicted octanol–water partition coefficient (Wildman–Crippen LogP) is 3.44. The lowest BCUT2D eigenvalue weighted by atomic mass is 10.3. The van der Waals surface area contributed by atoms with E-state index in [0.717, 1.165) is 29.3 Å². The molecule has 0 bridgehead atoms. The molecule has 0 atom stereocenters. The summed E-state index contributed by atoms with van der Waals surface area (Å²) in [6.07, 6.45) is 6.85. The van der Waals surface area contributed by atoms with Crippen molar-refractivity contribution in [2.24, 2.45) is 0 Å². The van der Waals surface area contributed by atoms with Crippen molar-refractivity contribution < 1.29 is 0 Å². The van der Waals surface area contributed by atoms with E-state index in [4.69, 9.17) is 0 Å². The average molecular weight is 313 g/mol. The summed E-state index contributed by atoms with van der Waals surface area (Å²) < 4.78 is 0.993. The first kappa shape index (κ1) is 13.6. The Labute approximate surface area is 117 Å². The minimum Gasteiger partial charge on any atom is -0.354 e. The smallest absolute Gasteiger partial charge is 0.224 e. The molecule has 1 aromatic rings. The second kappa shape index (κ2) is 6.36. The molecular formula is C13H21BrN4. The van der Waals surface area contributed by atoms with Gasteiger partial charge in [-0.1, -0.05) is 13.3 Å². The van der Waals surface area contributed by atoms with Crippen LogP contribution in [0.25, 0.3) is 0 Å². The van der Waals surface area contributed by atoms with Crippen molar-refractivity contribution in [3.8, 4) is 0 Å². The summed E-state index contributed by atoms with van der Waals surface area (Å²) in [4.78, 5) is 11.3. The zero-order chi connectivity index (χ0) is 13.0. The molecule has 1 aliphatic rings. The van der Waals surface area contributed by atoms with Crippen molar-refractivity contribution in [2.45, 2.75) is 45.6 Å². The average Bonchev–Trinajstić information content (AvgIpc) is 3.18. The number of rotatable bonds is 7. The van der Waals surface area contributed by atoms with Gasteiger partial charge in [0.25, 0.3) is 0 Å². The molecule has 1 saturated carbocycles. The lowest BCUT2D eigenvalue weighted by Gasteiger charge is -2.24. The number of unbranched alkanes of at least 4 members (excludes halogenated alkanes) is 1. The van der Waals surface area contributed by atoms with Gasteiger partial charge in [-0.25, -0.2) is 4.98 Å². The van der Waals surface area contributed by atoms with Crippen molar-refractivity contribution >= 4 is 27.7 Å². The van der Waals surface area contributed by atoms with Crippen LogP contribution >= 0.6 is 15.9 Å². The molecule has 18 heavy (non-hydrogen) atoms. The molecule has 0 spiro atoms. The van der Waals surface area contributed by atoms with Gasteiger partial charge in [0.1, 0.15) is 5.82 Å². The zero-order valence-electron chi connectivity index (χ0n) is 11.1. The molecule has 5 heteroatoms. The maximum absolute atomic E-state index is 4.63. The van der Waals surface area contributed by atoms with Crippen molar-refractivity contribution in [1.29, 1.82) is 0 Å². The van der Waals surface area contributed by atoms with Gasteiger partial charge in [-0.05, 0) is 42.1 Å². The van der Waals surface area contributed by atoms with E-state index in [9.17, 15) is 0 Å². The van der Waals surface area contributed by atoms with Crippen molar-refractivity contribution in [2.75, 3.05) is 23.3 Å². The molecular weight excluding hydrogens is 292 g/mol. The second-order valence-electron chi connectivity index (χ2n) is 4.67. The maximum Gasteiger partial charge on any atom is 0.224 e. The van der Waals surface area contributed by atoms with Crippen LogP contribution in [0.3, 0.4) is 0 Å². The monoisotopic (exact) mass is 312 g/mol. The largest absolute Gasteiger partial charge is 0.354 e. The van der Waals surface area contributed by atoms with Crippen molar-refractivity contribution in [1.82, 2.24) is 9.97 Å². The standard InChI is InChI=1S/C13H21BrN4/c1-3-5-8-18(10-6-7-10)12-11(14)9-16-13(17-12)15-4-2/h9-10H,3-8H2,1-2H3,(H,15,16,17). The zero-order valence-corrected chi connectivity index (χ0v) is 12.7. The fourth-order valence-corrected chi connectivity index (χ4v) is 2.40. The molecule has 1 fully saturated rings. The number of nitrogens with zero attached hydrogens (tertiary/aromatic N) is 3. The van der Waals surface area contributed by atoms with Crippen LogP contribution in [-0.2, 0) is 0 Å². The minimum atomic E-state index is 0.678. The summed E-state index contributed by atoms with van der Waals surface area (Å²) in [5, 5.41) is 3.18. The van der Waals surface area contributed by atoms with Crippen LogP contribution < -0.4 is 10.2 Å². The number of halogens is 1. The fourth-order valence-electron chi connectivity index (χ4n) is 1.98. The number of anilines is 2. The first-order chi connectivity index (χ1) is 8.76. The van der Waals surface area contributed by atoms with Gasteiger partial charge < -0.3 is 10.2 Å². The van der Waals surface area contributed by atoms with Gasteiger partial charge >= 0.3 is 0 Å². The highest BCUT2D eigenvalue weighted by molar-refractivity contribution is 9.10. The van der Waals surface area contributed by atoms with Gasteiger partial charge in [0.15, 0.2) is 0 Å². The van der Waals surface area contributed by atoms with Crippen LogP contribution in [-0.4, -0.2) is 29.1 Å². The molecule has 0 unspecified atom stereocenters. The van der Waals surface area contributed by atoms with Gasteiger partial charge in [-0.3, -0.25) is 0 Å². The van der Waals surface area contributed by atoms with E-state index in [1.807, 2.05) is 6.20 Å². The molecule has 2 rings (SSSR count). The van der Waals surface area contributed by atoms with Gasteiger partial charge in [0, 0.05) is 25.3 Å². The quantitative estimate of drug-likeness (QED) is 0.837. The summed E-state index contributed by atoms with van der Waals surface area (Å²) in [5.41, 5.74) is 0. The first-order valence-electron chi connectivity index (χ1n) is 6.79. The van der Waals surface area contributed by atoms with E-state index in [1.165, 1.54) is 25.7 Å². The topological polar surface area (TPSA) is 41.1 Å². The lowest BCUT2D eigenvalue weighted by Crippen LogP contribution is -2.28. The van der Waals surface area contributed by atoms with Crippen LogP contribution in [0.5, 0.6) is 0 Å². The van der Waals surface area contributed by atoms with E-state index in [-0.39, 0.29) is 0 Å². The highest BCUT2D eigenvalue weighted by Crippen LogP contribution is 2.34. The van der Waals surface area contributed by atoms with Crippen molar-refractivity contribution in [3.63, 3.8) is 0 Å². The highest BCUT2D eigenvalue weighted by Gasteiger charge is 2.30. The van der Waals surface area contributed by atoms with E-state index in [1.54, 1.807) is 0 Å². The number of hydrogen-bond donors (Lipinski definition) is 1. The van der Waals surface area contributed by atoms with Crippen LogP contribution in [0.1, 0.15) is 39.5 Å². The summed E-state index contributed by atoms with van der Waals surface area (Å²) in [7, 11) is 0.